The zero-order valence-corrected chi connectivity index (χ0v) is 13.9. The molecule has 24 heavy (non-hydrogen) atoms. The fraction of sp³-hybridized carbons (Fsp3) is 0.389. The highest BCUT2D eigenvalue weighted by Crippen LogP contribution is 2.22. The third-order valence-electron chi connectivity index (χ3n) is 4.01. The molecular weight excluding hydrogens is 304 g/mol. The van der Waals surface area contributed by atoms with E-state index < -0.39 is 0 Å². The predicted molar refractivity (Wildman–Crippen MR) is 93.7 cm³/mol. The van der Waals surface area contributed by atoms with E-state index in [9.17, 15) is 4.79 Å². The number of piperidine rings is 1. The summed E-state index contributed by atoms with van der Waals surface area (Å²) in [7, 11) is 0. The first kappa shape index (κ1) is 16.2. The molecule has 0 saturated carbocycles. The van der Waals surface area contributed by atoms with Crippen molar-refractivity contribution in [2.75, 3.05) is 29.9 Å². The Hall–Kier alpha value is -2.63. The first-order valence-corrected chi connectivity index (χ1v) is 8.38. The molecule has 1 saturated heterocycles. The molecule has 1 aliphatic heterocycles. The van der Waals surface area contributed by atoms with E-state index in [0.29, 0.717) is 23.7 Å². The highest BCUT2D eigenvalue weighted by Gasteiger charge is 2.15. The lowest BCUT2D eigenvalue weighted by Gasteiger charge is -2.27. The molecule has 1 amide bonds. The van der Waals surface area contributed by atoms with Crippen LogP contribution in [0.4, 0.5) is 11.6 Å². The van der Waals surface area contributed by atoms with E-state index in [1.807, 2.05) is 25.1 Å². The predicted octanol–water partition coefficient (Wildman–Crippen LogP) is 3.12. The third-order valence-corrected chi connectivity index (χ3v) is 4.01. The van der Waals surface area contributed by atoms with Crippen LogP contribution in [0.25, 0.3) is 0 Å². The van der Waals surface area contributed by atoms with Gasteiger partial charge in [0.2, 0.25) is 0 Å². The molecule has 1 fully saturated rings. The smallest absolute Gasteiger partial charge is 0.260 e. The van der Waals surface area contributed by atoms with Crippen molar-refractivity contribution in [3.8, 4) is 5.75 Å². The van der Waals surface area contributed by atoms with Gasteiger partial charge in [-0.05, 0) is 38.3 Å². The van der Waals surface area contributed by atoms with Crippen LogP contribution in [0, 0.1) is 0 Å². The molecule has 0 spiro atoms. The minimum Gasteiger partial charge on any atom is -0.493 e. The summed E-state index contributed by atoms with van der Waals surface area (Å²) in [5.74, 6) is 1.70. The normalized spacial score (nSPS) is 14.3. The average molecular weight is 326 g/mol. The second kappa shape index (κ2) is 7.77. The summed E-state index contributed by atoms with van der Waals surface area (Å²) in [5.41, 5.74) is 0.498. The quantitative estimate of drug-likeness (QED) is 0.914. The molecule has 2 aromatic rings. The van der Waals surface area contributed by atoms with Gasteiger partial charge in [-0.2, -0.15) is 0 Å². The van der Waals surface area contributed by atoms with Gasteiger partial charge in [0.15, 0.2) is 0 Å². The molecule has 3 rings (SSSR count). The van der Waals surface area contributed by atoms with Crippen molar-refractivity contribution >= 4 is 17.5 Å². The number of aromatic nitrogens is 2. The van der Waals surface area contributed by atoms with Gasteiger partial charge in [-0.3, -0.25) is 4.79 Å². The second-order valence-electron chi connectivity index (χ2n) is 5.69. The molecule has 1 aliphatic rings. The number of nitrogens with one attached hydrogen (secondary N) is 1. The Labute approximate surface area is 141 Å². The number of carbonyl (C=O) groups excluding carboxylic acids is 1. The highest BCUT2D eigenvalue weighted by molar-refractivity contribution is 6.05. The minimum atomic E-state index is -0.234. The van der Waals surface area contributed by atoms with Gasteiger partial charge in [-0.25, -0.2) is 9.97 Å². The fourth-order valence-corrected chi connectivity index (χ4v) is 2.83. The van der Waals surface area contributed by atoms with E-state index in [0.717, 1.165) is 18.9 Å². The molecule has 0 aliphatic carbocycles. The van der Waals surface area contributed by atoms with Crippen LogP contribution in [0.2, 0.25) is 0 Å². The zero-order chi connectivity index (χ0) is 16.8. The van der Waals surface area contributed by atoms with E-state index in [1.54, 1.807) is 12.1 Å². The Morgan fingerprint density at radius 3 is 2.79 bits per heavy atom. The monoisotopic (exact) mass is 326 g/mol. The number of hydrogen-bond donors (Lipinski definition) is 1. The molecule has 1 aromatic heterocycles. The number of anilines is 2. The molecule has 2 heterocycles. The molecule has 0 bridgehead atoms. The summed E-state index contributed by atoms with van der Waals surface area (Å²) in [6, 6.07) is 9.02. The van der Waals surface area contributed by atoms with Gasteiger partial charge in [0.25, 0.3) is 5.91 Å². The van der Waals surface area contributed by atoms with Crippen LogP contribution >= 0.6 is 0 Å². The van der Waals surface area contributed by atoms with Gasteiger partial charge in [-0.1, -0.05) is 12.1 Å². The van der Waals surface area contributed by atoms with Crippen molar-refractivity contribution in [1.82, 2.24) is 9.97 Å². The summed E-state index contributed by atoms with van der Waals surface area (Å²) in [6.45, 7) is 4.40. The van der Waals surface area contributed by atoms with Crippen molar-refractivity contribution in [3.05, 3.63) is 42.2 Å². The van der Waals surface area contributed by atoms with Crippen molar-refractivity contribution in [2.24, 2.45) is 0 Å². The van der Waals surface area contributed by atoms with Gasteiger partial charge in [0, 0.05) is 19.2 Å². The summed E-state index contributed by atoms with van der Waals surface area (Å²) >= 11 is 0. The largest absolute Gasteiger partial charge is 0.493 e. The van der Waals surface area contributed by atoms with Crippen molar-refractivity contribution in [3.63, 3.8) is 0 Å². The molecular formula is C18H22N4O2. The molecule has 0 radical (unpaired) electrons. The molecule has 6 nitrogen and oxygen atoms in total. The van der Waals surface area contributed by atoms with Crippen molar-refractivity contribution < 1.29 is 9.53 Å². The number of carbonyl (C=O) groups is 1. The van der Waals surface area contributed by atoms with E-state index in [2.05, 4.69) is 20.2 Å². The maximum Gasteiger partial charge on any atom is 0.260 e. The van der Waals surface area contributed by atoms with Crippen LogP contribution in [-0.2, 0) is 0 Å². The fourth-order valence-electron chi connectivity index (χ4n) is 2.83. The lowest BCUT2D eigenvalue weighted by molar-refractivity contribution is 0.102. The van der Waals surface area contributed by atoms with Crippen LogP contribution in [0.5, 0.6) is 5.75 Å². The third kappa shape index (κ3) is 3.82. The lowest BCUT2D eigenvalue weighted by Crippen LogP contribution is -2.30. The second-order valence-corrected chi connectivity index (χ2v) is 5.69. The molecule has 1 N–H and O–H groups in total. The van der Waals surface area contributed by atoms with Crippen molar-refractivity contribution in [2.45, 2.75) is 26.2 Å². The zero-order valence-electron chi connectivity index (χ0n) is 13.9. The molecule has 126 valence electrons. The van der Waals surface area contributed by atoms with E-state index in [4.69, 9.17) is 4.74 Å². The number of ether oxygens (including phenoxy) is 1. The molecule has 6 heteroatoms. The minimum absolute atomic E-state index is 0.234. The summed E-state index contributed by atoms with van der Waals surface area (Å²) in [6.07, 6.45) is 5.11. The SMILES string of the molecule is CCOc1ccccc1C(=O)Nc1cc(N2CCCCC2)ncn1. The Kier molecular flexibility index (Phi) is 5.25. The van der Waals surface area contributed by atoms with Crippen LogP contribution in [0.1, 0.15) is 36.5 Å². The average Bonchev–Trinajstić information content (AvgIpc) is 2.63. The maximum absolute atomic E-state index is 12.5. The van der Waals surface area contributed by atoms with Gasteiger partial charge >= 0.3 is 0 Å². The van der Waals surface area contributed by atoms with Crippen LogP contribution in [0.15, 0.2) is 36.7 Å². The number of amides is 1. The van der Waals surface area contributed by atoms with Gasteiger partial charge < -0.3 is 15.0 Å². The van der Waals surface area contributed by atoms with Crippen LogP contribution in [0.3, 0.4) is 0 Å². The number of rotatable bonds is 5. The summed E-state index contributed by atoms with van der Waals surface area (Å²) in [4.78, 5) is 23.3. The molecule has 0 unspecified atom stereocenters. The van der Waals surface area contributed by atoms with E-state index >= 15 is 0 Å². The Balaban J connectivity index is 1.75. The summed E-state index contributed by atoms with van der Waals surface area (Å²) < 4.78 is 5.51. The van der Waals surface area contributed by atoms with E-state index in [-0.39, 0.29) is 5.91 Å². The number of nitrogens with zero attached hydrogens (tertiary/aromatic N) is 3. The van der Waals surface area contributed by atoms with Crippen LogP contribution < -0.4 is 15.0 Å². The van der Waals surface area contributed by atoms with Crippen LogP contribution in [-0.4, -0.2) is 35.6 Å². The Morgan fingerprint density at radius 1 is 1.21 bits per heavy atom. The molecule has 1 aromatic carbocycles. The maximum atomic E-state index is 12.5. The Bertz CT molecular complexity index is 699. The Morgan fingerprint density at radius 2 is 2.00 bits per heavy atom. The lowest BCUT2D eigenvalue weighted by atomic mass is 10.1. The van der Waals surface area contributed by atoms with Gasteiger partial charge in [0.05, 0.1) is 12.2 Å². The van der Waals surface area contributed by atoms with E-state index in [1.165, 1.54) is 25.6 Å². The van der Waals surface area contributed by atoms with Crippen molar-refractivity contribution in [1.29, 1.82) is 0 Å². The topological polar surface area (TPSA) is 67.3 Å². The standard InChI is InChI=1S/C18H22N4O2/c1-2-24-15-9-5-4-8-14(15)18(23)21-16-12-17(20-13-19-16)22-10-6-3-7-11-22/h4-5,8-9,12-13H,2-3,6-7,10-11H2,1H3,(H,19,20,21,23). The summed E-state index contributed by atoms with van der Waals surface area (Å²) in [5, 5.41) is 2.84. The molecule has 0 atom stereocenters. The van der Waals surface area contributed by atoms with Gasteiger partial charge in [0.1, 0.15) is 23.7 Å². The number of para-hydroxylation sites is 1. The first-order valence-electron chi connectivity index (χ1n) is 8.38. The first-order chi connectivity index (χ1) is 11.8. The highest BCUT2D eigenvalue weighted by atomic mass is 16.5. The van der Waals surface area contributed by atoms with Gasteiger partial charge in [-0.15, -0.1) is 0 Å². The number of hydrogen-bond acceptors (Lipinski definition) is 5. The number of benzene rings is 1.